The second kappa shape index (κ2) is 10.6. The van der Waals surface area contributed by atoms with Crippen molar-refractivity contribution in [2.24, 2.45) is 5.92 Å². The molecular weight excluding hydrogens is 444 g/mol. The maximum absolute atomic E-state index is 12.8. The van der Waals surface area contributed by atoms with E-state index in [4.69, 9.17) is 4.74 Å². The molecule has 2 aromatic rings. The average molecular weight is 473 g/mol. The Morgan fingerprint density at radius 1 is 1.03 bits per heavy atom. The van der Waals surface area contributed by atoms with E-state index in [-0.39, 0.29) is 17.9 Å². The first-order chi connectivity index (χ1) is 14.4. The summed E-state index contributed by atoms with van der Waals surface area (Å²) in [7, 11) is 0. The predicted octanol–water partition coefficient (Wildman–Crippen LogP) is 5.80. The minimum Gasteiger partial charge on any atom is -0.492 e. The average Bonchev–Trinajstić information content (AvgIpc) is 2.74. The van der Waals surface area contributed by atoms with E-state index in [9.17, 15) is 9.59 Å². The van der Waals surface area contributed by atoms with Crippen LogP contribution in [0.25, 0.3) is 0 Å². The van der Waals surface area contributed by atoms with Crippen LogP contribution in [0, 0.1) is 5.92 Å². The smallest absolute Gasteiger partial charge is 0.259 e. The van der Waals surface area contributed by atoms with Gasteiger partial charge in [0.1, 0.15) is 5.75 Å². The van der Waals surface area contributed by atoms with Crippen LogP contribution >= 0.6 is 15.9 Å². The van der Waals surface area contributed by atoms with Crippen LogP contribution in [0.3, 0.4) is 0 Å². The van der Waals surface area contributed by atoms with Crippen molar-refractivity contribution in [1.29, 1.82) is 0 Å². The van der Waals surface area contributed by atoms with Crippen molar-refractivity contribution in [3.05, 3.63) is 58.1 Å². The molecule has 0 aromatic heterocycles. The summed E-state index contributed by atoms with van der Waals surface area (Å²) < 4.78 is 6.61. The number of ether oxygens (including phenoxy) is 1. The number of hydrogen-bond acceptors (Lipinski definition) is 3. The lowest BCUT2D eigenvalue weighted by atomic mass is 9.95. The van der Waals surface area contributed by atoms with Crippen molar-refractivity contribution in [1.82, 2.24) is 5.32 Å². The highest BCUT2D eigenvalue weighted by atomic mass is 79.9. The second-order valence-corrected chi connectivity index (χ2v) is 9.10. The molecule has 1 fully saturated rings. The molecule has 0 heterocycles. The number of halogens is 1. The summed E-state index contributed by atoms with van der Waals surface area (Å²) >= 11 is 3.42. The molecule has 0 unspecified atom stereocenters. The van der Waals surface area contributed by atoms with Crippen molar-refractivity contribution in [2.75, 3.05) is 11.9 Å². The Kier molecular flexibility index (Phi) is 7.91. The third kappa shape index (κ3) is 6.33. The standard InChI is InChI=1S/C24H29BrN2O3/c1-16(2)15-30-22-13-10-18(25)14-21(22)24(29)27-20-11-8-17(9-12-20)23(28)26-19-6-4-3-5-7-19/h8-14,16,19H,3-7,15H2,1-2H3,(H,26,28)(H,27,29). The molecule has 2 amide bonds. The summed E-state index contributed by atoms with van der Waals surface area (Å²) in [4.78, 5) is 25.3. The van der Waals surface area contributed by atoms with E-state index in [1.807, 2.05) is 6.07 Å². The van der Waals surface area contributed by atoms with Gasteiger partial charge in [0.05, 0.1) is 12.2 Å². The molecule has 1 aliphatic rings. The quantitative estimate of drug-likeness (QED) is 0.534. The molecule has 1 saturated carbocycles. The van der Waals surface area contributed by atoms with Crippen LogP contribution in [0.1, 0.15) is 66.7 Å². The number of amides is 2. The SMILES string of the molecule is CC(C)COc1ccc(Br)cc1C(=O)Nc1ccc(C(=O)NC2CCCCC2)cc1. The summed E-state index contributed by atoms with van der Waals surface area (Å²) in [6.45, 7) is 4.65. The summed E-state index contributed by atoms with van der Waals surface area (Å²) in [6, 6.07) is 12.6. The zero-order valence-corrected chi connectivity index (χ0v) is 19.1. The highest BCUT2D eigenvalue weighted by Crippen LogP contribution is 2.25. The number of carbonyl (C=O) groups excluding carboxylic acids is 2. The van der Waals surface area contributed by atoms with Gasteiger partial charge < -0.3 is 15.4 Å². The highest BCUT2D eigenvalue weighted by molar-refractivity contribution is 9.10. The summed E-state index contributed by atoms with van der Waals surface area (Å²) in [5.41, 5.74) is 1.69. The van der Waals surface area contributed by atoms with Gasteiger partial charge in [0.25, 0.3) is 11.8 Å². The van der Waals surface area contributed by atoms with Gasteiger partial charge in [0.15, 0.2) is 0 Å². The molecule has 0 atom stereocenters. The minimum absolute atomic E-state index is 0.0591. The number of benzene rings is 2. The van der Waals surface area contributed by atoms with E-state index in [0.717, 1.165) is 17.3 Å². The second-order valence-electron chi connectivity index (χ2n) is 8.19. The molecule has 2 N–H and O–H groups in total. The third-order valence-electron chi connectivity index (χ3n) is 5.10. The lowest BCUT2D eigenvalue weighted by molar-refractivity contribution is 0.0927. The third-order valence-corrected chi connectivity index (χ3v) is 5.60. The first kappa shape index (κ1) is 22.3. The molecule has 3 rings (SSSR count). The molecule has 1 aliphatic carbocycles. The Morgan fingerprint density at radius 2 is 1.73 bits per heavy atom. The normalized spacial score (nSPS) is 14.4. The van der Waals surface area contributed by atoms with Gasteiger partial charge in [-0.3, -0.25) is 9.59 Å². The highest BCUT2D eigenvalue weighted by Gasteiger charge is 2.17. The summed E-state index contributed by atoms with van der Waals surface area (Å²) in [5, 5.41) is 6.00. The molecule has 0 spiro atoms. The molecule has 160 valence electrons. The number of hydrogen-bond donors (Lipinski definition) is 2. The van der Waals surface area contributed by atoms with E-state index in [2.05, 4.69) is 40.4 Å². The zero-order chi connectivity index (χ0) is 21.5. The Morgan fingerprint density at radius 3 is 2.40 bits per heavy atom. The van der Waals surface area contributed by atoms with Crippen molar-refractivity contribution >= 4 is 33.4 Å². The van der Waals surface area contributed by atoms with Crippen LogP contribution in [0.5, 0.6) is 5.75 Å². The molecule has 0 radical (unpaired) electrons. The van der Waals surface area contributed by atoms with E-state index in [1.165, 1.54) is 19.3 Å². The Labute approximate surface area is 186 Å². The van der Waals surface area contributed by atoms with Crippen LogP contribution in [0.15, 0.2) is 46.9 Å². The first-order valence-corrected chi connectivity index (χ1v) is 11.4. The minimum atomic E-state index is -0.255. The fourth-order valence-electron chi connectivity index (χ4n) is 3.48. The first-order valence-electron chi connectivity index (χ1n) is 10.6. The summed E-state index contributed by atoms with van der Waals surface area (Å²) in [6.07, 6.45) is 5.70. The summed E-state index contributed by atoms with van der Waals surface area (Å²) in [5.74, 6) is 0.593. The van der Waals surface area contributed by atoms with Crippen LogP contribution in [-0.4, -0.2) is 24.5 Å². The van der Waals surface area contributed by atoms with Gasteiger partial charge in [0.2, 0.25) is 0 Å². The number of anilines is 1. The maximum Gasteiger partial charge on any atom is 0.259 e. The molecule has 6 heteroatoms. The molecule has 30 heavy (non-hydrogen) atoms. The monoisotopic (exact) mass is 472 g/mol. The van der Waals surface area contributed by atoms with Gasteiger partial charge in [-0.1, -0.05) is 49.0 Å². The fraction of sp³-hybridized carbons (Fsp3) is 0.417. The van der Waals surface area contributed by atoms with Crippen molar-refractivity contribution in [3.8, 4) is 5.75 Å². The van der Waals surface area contributed by atoms with Gasteiger partial charge in [-0.05, 0) is 61.2 Å². The molecule has 0 aliphatic heterocycles. The lowest BCUT2D eigenvalue weighted by Gasteiger charge is -2.22. The van der Waals surface area contributed by atoms with Gasteiger partial charge in [0, 0.05) is 21.8 Å². The van der Waals surface area contributed by atoms with Crippen LogP contribution in [-0.2, 0) is 0 Å². The Hall–Kier alpha value is -2.34. The lowest BCUT2D eigenvalue weighted by Crippen LogP contribution is -2.36. The Balaban J connectivity index is 1.64. The molecule has 2 aromatic carbocycles. The Bertz CT molecular complexity index is 875. The van der Waals surface area contributed by atoms with Crippen molar-refractivity contribution < 1.29 is 14.3 Å². The van der Waals surface area contributed by atoms with Gasteiger partial charge in [-0.15, -0.1) is 0 Å². The molecular formula is C24H29BrN2O3. The number of nitrogens with one attached hydrogen (secondary N) is 2. The van der Waals surface area contributed by atoms with E-state index >= 15 is 0 Å². The van der Waals surface area contributed by atoms with Crippen LogP contribution in [0.2, 0.25) is 0 Å². The molecule has 5 nitrogen and oxygen atoms in total. The predicted molar refractivity (Wildman–Crippen MR) is 123 cm³/mol. The van der Waals surface area contributed by atoms with Crippen molar-refractivity contribution in [2.45, 2.75) is 52.0 Å². The fourth-order valence-corrected chi connectivity index (χ4v) is 3.84. The van der Waals surface area contributed by atoms with Gasteiger partial charge >= 0.3 is 0 Å². The zero-order valence-electron chi connectivity index (χ0n) is 17.5. The van der Waals surface area contributed by atoms with E-state index < -0.39 is 0 Å². The number of rotatable bonds is 7. The topological polar surface area (TPSA) is 67.4 Å². The maximum atomic E-state index is 12.8. The van der Waals surface area contributed by atoms with Crippen molar-refractivity contribution in [3.63, 3.8) is 0 Å². The molecule has 0 saturated heterocycles. The molecule has 0 bridgehead atoms. The van der Waals surface area contributed by atoms with E-state index in [1.54, 1.807) is 36.4 Å². The van der Waals surface area contributed by atoms with E-state index in [0.29, 0.717) is 35.1 Å². The van der Waals surface area contributed by atoms with Gasteiger partial charge in [-0.2, -0.15) is 0 Å². The van der Waals surface area contributed by atoms with Gasteiger partial charge in [-0.25, -0.2) is 0 Å². The number of carbonyl (C=O) groups is 2. The van der Waals surface area contributed by atoms with Crippen LogP contribution in [0.4, 0.5) is 5.69 Å². The largest absolute Gasteiger partial charge is 0.492 e. The van der Waals surface area contributed by atoms with Crippen LogP contribution < -0.4 is 15.4 Å².